The molecule has 0 amide bonds. The first-order valence-electron chi connectivity index (χ1n) is 12.5. The van der Waals surface area contributed by atoms with E-state index in [0.717, 1.165) is 12.8 Å². The van der Waals surface area contributed by atoms with Crippen LogP contribution in [0, 0.1) is 11.8 Å². The molecular formula is C28H37NO8. The molecule has 1 aromatic heterocycles. The Kier molecular flexibility index (Phi) is 11.9. The largest absolute Gasteiger partial charge is 0.493 e. The maximum atomic E-state index is 13.1. The van der Waals surface area contributed by atoms with E-state index in [2.05, 4.69) is 4.98 Å². The second kappa shape index (κ2) is 14.8. The quantitative estimate of drug-likeness (QED) is 0.183. The van der Waals surface area contributed by atoms with Crippen LogP contribution in [0.4, 0.5) is 0 Å². The van der Waals surface area contributed by atoms with Gasteiger partial charge in [-0.1, -0.05) is 39.0 Å². The van der Waals surface area contributed by atoms with Crippen molar-refractivity contribution in [2.45, 2.75) is 66.1 Å². The molecule has 3 atom stereocenters. The number of esters is 2. The van der Waals surface area contributed by atoms with E-state index in [0.29, 0.717) is 5.75 Å². The summed E-state index contributed by atoms with van der Waals surface area (Å²) in [5, 5.41) is 0. The zero-order valence-electron chi connectivity index (χ0n) is 22.4. The van der Waals surface area contributed by atoms with Crippen LogP contribution < -0.4 is 14.2 Å². The first-order chi connectivity index (χ1) is 17.7. The van der Waals surface area contributed by atoms with Gasteiger partial charge in [-0.3, -0.25) is 14.4 Å². The smallest absolute Gasteiger partial charge is 0.309 e. The Morgan fingerprint density at radius 2 is 1.68 bits per heavy atom. The van der Waals surface area contributed by atoms with Crippen LogP contribution in [0.25, 0.3) is 0 Å². The number of para-hydroxylation sites is 1. The second-order valence-corrected chi connectivity index (χ2v) is 8.73. The number of aromatic nitrogens is 1. The fraction of sp³-hybridized carbons (Fsp3) is 0.500. The number of hydrogen-bond donors (Lipinski definition) is 0. The van der Waals surface area contributed by atoms with Gasteiger partial charge in [-0.25, -0.2) is 4.98 Å². The molecule has 0 radical (unpaired) electrons. The molecule has 202 valence electrons. The molecule has 1 aromatic carbocycles. The highest BCUT2D eigenvalue weighted by Gasteiger charge is 2.33. The molecule has 0 fully saturated rings. The van der Waals surface area contributed by atoms with Gasteiger partial charge in [0.05, 0.1) is 13.0 Å². The van der Waals surface area contributed by atoms with Crippen molar-refractivity contribution in [1.82, 2.24) is 4.98 Å². The van der Waals surface area contributed by atoms with Crippen LogP contribution in [-0.4, -0.2) is 48.8 Å². The highest BCUT2D eigenvalue weighted by molar-refractivity contribution is 5.99. The second-order valence-electron chi connectivity index (χ2n) is 8.73. The van der Waals surface area contributed by atoms with Crippen LogP contribution in [0.3, 0.4) is 0 Å². The maximum absolute atomic E-state index is 13.1. The van der Waals surface area contributed by atoms with Crippen LogP contribution in [0.15, 0.2) is 42.6 Å². The van der Waals surface area contributed by atoms with Gasteiger partial charge in [-0.15, -0.1) is 0 Å². The lowest BCUT2D eigenvalue weighted by atomic mass is 9.92. The Morgan fingerprint density at radius 3 is 2.27 bits per heavy atom. The van der Waals surface area contributed by atoms with Crippen LogP contribution in [0.5, 0.6) is 17.2 Å². The lowest BCUT2D eigenvalue weighted by Crippen LogP contribution is -2.40. The van der Waals surface area contributed by atoms with Gasteiger partial charge in [-0.05, 0) is 37.8 Å². The van der Waals surface area contributed by atoms with Crippen molar-refractivity contribution in [3.8, 4) is 17.2 Å². The average molecular weight is 516 g/mol. The number of carbonyl (C=O) groups excluding carboxylic acids is 3. The topological polar surface area (TPSA) is 110 Å². The molecule has 0 aliphatic rings. The predicted molar refractivity (Wildman–Crippen MR) is 137 cm³/mol. The molecule has 0 saturated heterocycles. The molecule has 0 unspecified atom stereocenters. The zero-order chi connectivity index (χ0) is 27.4. The van der Waals surface area contributed by atoms with Gasteiger partial charge < -0.3 is 23.7 Å². The van der Waals surface area contributed by atoms with E-state index in [1.165, 1.54) is 26.3 Å². The van der Waals surface area contributed by atoms with E-state index in [9.17, 15) is 14.4 Å². The van der Waals surface area contributed by atoms with Crippen molar-refractivity contribution in [2.24, 2.45) is 11.8 Å². The van der Waals surface area contributed by atoms with Crippen molar-refractivity contribution in [3.05, 3.63) is 48.3 Å². The Balaban J connectivity index is 2.14. The molecule has 0 N–H and O–H groups in total. The summed E-state index contributed by atoms with van der Waals surface area (Å²) in [6.07, 6.45) is 1.98. The lowest BCUT2D eigenvalue weighted by molar-refractivity contribution is -0.162. The zero-order valence-corrected chi connectivity index (χ0v) is 22.4. The minimum Gasteiger partial charge on any atom is -0.493 e. The molecule has 0 spiro atoms. The van der Waals surface area contributed by atoms with E-state index < -0.39 is 36.5 Å². The predicted octanol–water partition coefficient (Wildman–Crippen LogP) is 5.01. The molecule has 0 bridgehead atoms. The number of Topliss-reactive ketones (excluding diaryl/α,β-unsaturated/α-hetero) is 1. The van der Waals surface area contributed by atoms with Crippen molar-refractivity contribution < 1.29 is 38.1 Å². The normalized spacial score (nSPS) is 13.3. The molecule has 9 nitrogen and oxygen atoms in total. The van der Waals surface area contributed by atoms with Crippen molar-refractivity contribution in [2.75, 3.05) is 13.9 Å². The molecule has 2 rings (SSSR count). The van der Waals surface area contributed by atoms with E-state index in [4.69, 9.17) is 23.7 Å². The summed E-state index contributed by atoms with van der Waals surface area (Å²) < 4.78 is 27.5. The number of methoxy groups -OCH3 is 1. The lowest BCUT2D eigenvalue weighted by Gasteiger charge is -2.31. The number of ether oxygens (including phenoxy) is 5. The van der Waals surface area contributed by atoms with Crippen LogP contribution >= 0.6 is 0 Å². The monoisotopic (exact) mass is 515 g/mol. The third kappa shape index (κ3) is 8.77. The van der Waals surface area contributed by atoms with Crippen LogP contribution in [-0.2, 0) is 19.1 Å². The van der Waals surface area contributed by atoms with Crippen molar-refractivity contribution in [1.29, 1.82) is 0 Å². The van der Waals surface area contributed by atoms with Crippen molar-refractivity contribution >= 4 is 17.7 Å². The van der Waals surface area contributed by atoms with Crippen molar-refractivity contribution in [3.63, 3.8) is 0 Å². The molecule has 1 heterocycles. The highest BCUT2D eigenvalue weighted by atomic mass is 16.7. The summed E-state index contributed by atoms with van der Waals surface area (Å²) in [7, 11) is 1.42. The summed E-state index contributed by atoms with van der Waals surface area (Å²) in [5.74, 6) is -1.15. The average Bonchev–Trinajstić information content (AvgIpc) is 2.88. The molecule has 37 heavy (non-hydrogen) atoms. The fourth-order valence-corrected chi connectivity index (χ4v) is 3.92. The van der Waals surface area contributed by atoms with Gasteiger partial charge in [-0.2, -0.15) is 0 Å². The van der Waals surface area contributed by atoms with E-state index in [-0.39, 0.29) is 35.6 Å². The van der Waals surface area contributed by atoms with Gasteiger partial charge in [0.2, 0.25) is 6.79 Å². The number of nitrogens with zero attached hydrogens (tertiary/aromatic N) is 1. The SMILES string of the molecule is CCC(CC)[C@@H](OC(=O)[C@H](C)CC(=O)c1nccc(OC)c1OCOC(C)=O)[C@H](C)Oc1ccccc1. The molecular weight excluding hydrogens is 478 g/mol. The Morgan fingerprint density at radius 1 is 1.00 bits per heavy atom. The number of rotatable bonds is 15. The summed E-state index contributed by atoms with van der Waals surface area (Å²) in [6, 6.07) is 10.9. The third-order valence-corrected chi connectivity index (χ3v) is 6.01. The minimum atomic E-state index is -0.748. The number of hydrogen-bond acceptors (Lipinski definition) is 9. The van der Waals surface area contributed by atoms with Gasteiger partial charge >= 0.3 is 11.9 Å². The number of carbonyl (C=O) groups is 3. The summed E-state index contributed by atoms with van der Waals surface area (Å²) in [6.45, 7) is 8.43. The van der Waals surface area contributed by atoms with Gasteiger partial charge in [0.25, 0.3) is 0 Å². The van der Waals surface area contributed by atoms with E-state index >= 15 is 0 Å². The van der Waals surface area contributed by atoms with E-state index in [1.54, 1.807) is 6.92 Å². The standard InChI is InChI=1S/C28H37NO8/c1-7-21(8-2)26(19(4)36-22-12-10-9-11-13-22)37-28(32)18(3)16-23(31)25-27(35-17-34-20(5)30)24(33-6)14-15-29-25/h9-15,18-19,21,26H,7-8,16-17H2,1-6H3/t18-,19+,26+/m1/s1. The Hall–Kier alpha value is -3.62. The summed E-state index contributed by atoms with van der Waals surface area (Å²) >= 11 is 0. The highest BCUT2D eigenvalue weighted by Crippen LogP contribution is 2.31. The molecule has 2 aromatic rings. The first kappa shape index (κ1) is 29.6. The third-order valence-electron chi connectivity index (χ3n) is 6.01. The number of pyridine rings is 1. The molecule has 0 saturated carbocycles. The molecule has 9 heteroatoms. The first-order valence-corrected chi connectivity index (χ1v) is 12.5. The van der Waals surface area contributed by atoms with Crippen LogP contribution in [0.1, 0.15) is 64.4 Å². The van der Waals surface area contributed by atoms with Gasteiger partial charge in [0.1, 0.15) is 18.0 Å². The van der Waals surface area contributed by atoms with E-state index in [1.807, 2.05) is 51.1 Å². The fourth-order valence-electron chi connectivity index (χ4n) is 3.92. The van der Waals surface area contributed by atoms with Gasteiger partial charge in [0.15, 0.2) is 23.0 Å². The molecule has 0 aliphatic carbocycles. The number of ketones is 1. The Bertz CT molecular complexity index is 1020. The Labute approximate surface area is 218 Å². The molecule has 0 aliphatic heterocycles. The number of benzene rings is 1. The van der Waals surface area contributed by atoms with Crippen LogP contribution in [0.2, 0.25) is 0 Å². The minimum absolute atomic E-state index is 0.0246. The summed E-state index contributed by atoms with van der Waals surface area (Å²) in [5.41, 5.74) is -0.0246. The summed E-state index contributed by atoms with van der Waals surface area (Å²) in [4.78, 5) is 41.4. The maximum Gasteiger partial charge on any atom is 0.309 e. The van der Waals surface area contributed by atoms with Gasteiger partial charge in [0, 0.05) is 25.6 Å².